The summed E-state index contributed by atoms with van der Waals surface area (Å²) < 4.78 is 0. The van der Waals surface area contributed by atoms with Gasteiger partial charge in [-0.3, -0.25) is 0 Å². The molecular weight excluding hydrogens is 206 g/mol. The number of hydrogen-bond acceptors (Lipinski definition) is 2. The number of carboxylic acid groups (broad SMARTS) is 1. The van der Waals surface area contributed by atoms with Crippen molar-refractivity contribution in [1.29, 1.82) is 0 Å². The number of likely N-dealkylation sites (tertiary alicyclic amines) is 1. The molecule has 1 aliphatic carbocycles. The van der Waals surface area contributed by atoms with Crippen LogP contribution in [0.25, 0.3) is 0 Å². The molecule has 1 saturated carbocycles. The molecule has 2 rings (SSSR count). The Morgan fingerprint density at radius 2 is 1.94 bits per heavy atom. The number of rotatable bonds is 3. The molecule has 0 atom stereocenters. The van der Waals surface area contributed by atoms with E-state index in [0.717, 1.165) is 31.6 Å². The summed E-state index contributed by atoms with van der Waals surface area (Å²) in [4.78, 5) is 12.3. The topological polar surface area (TPSA) is 60.8 Å². The summed E-state index contributed by atoms with van der Waals surface area (Å²) in [5, 5.41) is 17.6. The van der Waals surface area contributed by atoms with Gasteiger partial charge in [0, 0.05) is 19.7 Å². The summed E-state index contributed by atoms with van der Waals surface area (Å²) in [6.07, 6.45) is 5.86. The minimum absolute atomic E-state index is 0.302. The third-order valence-corrected chi connectivity index (χ3v) is 4.31. The number of amides is 1. The zero-order valence-corrected chi connectivity index (χ0v) is 9.69. The van der Waals surface area contributed by atoms with Crippen LogP contribution in [0.5, 0.6) is 0 Å². The van der Waals surface area contributed by atoms with Crippen molar-refractivity contribution in [2.75, 3.05) is 19.7 Å². The van der Waals surface area contributed by atoms with Crippen molar-refractivity contribution in [2.24, 2.45) is 11.3 Å². The molecule has 1 saturated heterocycles. The maximum atomic E-state index is 10.8. The predicted octanol–water partition coefficient (Wildman–Crippen LogP) is 1.93. The van der Waals surface area contributed by atoms with Gasteiger partial charge in [0.05, 0.1) is 0 Å². The normalized spacial score (nSPS) is 24.4. The average molecular weight is 227 g/mol. The van der Waals surface area contributed by atoms with Crippen molar-refractivity contribution in [1.82, 2.24) is 4.90 Å². The SMILES string of the molecule is O=C(O)N1CCC2(CC1)CC(CCCO)C2. The smallest absolute Gasteiger partial charge is 0.407 e. The molecule has 1 heterocycles. The lowest BCUT2D eigenvalue weighted by Crippen LogP contribution is -2.48. The van der Waals surface area contributed by atoms with Gasteiger partial charge in [-0.05, 0) is 49.9 Å². The Hall–Kier alpha value is -0.770. The molecule has 2 fully saturated rings. The summed E-state index contributed by atoms with van der Waals surface area (Å²) in [6.45, 7) is 1.72. The van der Waals surface area contributed by atoms with Gasteiger partial charge in [0.2, 0.25) is 0 Å². The number of nitrogens with zero attached hydrogens (tertiary/aromatic N) is 1. The first kappa shape index (κ1) is 11.7. The van der Waals surface area contributed by atoms with E-state index in [9.17, 15) is 4.79 Å². The van der Waals surface area contributed by atoms with Crippen LogP contribution in [-0.2, 0) is 0 Å². The zero-order valence-electron chi connectivity index (χ0n) is 9.69. The Bertz CT molecular complexity index is 251. The van der Waals surface area contributed by atoms with Crippen LogP contribution in [0.15, 0.2) is 0 Å². The third-order valence-electron chi connectivity index (χ3n) is 4.31. The molecule has 2 aliphatic rings. The highest BCUT2D eigenvalue weighted by molar-refractivity contribution is 5.65. The zero-order chi connectivity index (χ0) is 11.6. The number of carbonyl (C=O) groups is 1. The fraction of sp³-hybridized carbons (Fsp3) is 0.917. The van der Waals surface area contributed by atoms with E-state index in [-0.39, 0.29) is 0 Å². The first-order chi connectivity index (χ1) is 7.65. The fourth-order valence-electron chi connectivity index (χ4n) is 3.33. The molecule has 4 nitrogen and oxygen atoms in total. The molecule has 4 heteroatoms. The lowest BCUT2D eigenvalue weighted by Gasteiger charge is -2.52. The van der Waals surface area contributed by atoms with Crippen molar-refractivity contribution in [2.45, 2.75) is 38.5 Å². The second-order valence-corrected chi connectivity index (χ2v) is 5.41. The Balaban J connectivity index is 1.72. The molecule has 1 aliphatic heterocycles. The summed E-state index contributed by atoms with van der Waals surface area (Å²) in [5.74, 6) is 0.781. The van der Waals surface area contributed by atoms with Gasteiger partial charge in [0.15, 0.2) is 0 Å². The lowest BCUT2D eigenvalue weighted by atomic mass is 9.56. The van der Waals surface area contributed by atoms with E-state index in [4.69, 9.17) is 10.2 Å². The molecule has 0 unspecified atom stereocenters. The van der Waals surface area contributed by atoms with Gasteiger partial charge in [-0.2, -0.15) is 0 Å². The van der Waals surface area contributed by atoms with Crippen LogP contribution in [0.3, 0.4) is 0 Å². The van der Waals surface area contributed by atoms with Gasteiger partial charge >= 0.3 is 6.09 Å². The van der Waals surface area contributed by atoms with Crippen LogP contribution >= 0.6 is 0 Å². The first-order valence-electron chi connectivity index (χ1n) is 6.24. The average Bonchev–Trinajstić information content (AvgIpc) is 2.24. The number of hydrogen-bond donors (Lipinski definition) is 2. The maximum absolute atomic E-state index is 10.8. The number of aliphatic hydroxyl groups is 1. The molecule has 0 bridgehead atoms. The summed E-state index contributed by atoms with van der Waals surface area (Å²) >= 11 is 0. The van der Waals surface area contributed by atoms with E-state index in [2.05, 4.69) is 0 Å². The van der Waals surface area contributed by atoms with Crippen molar-refractivity contribution in [3.63, 3.8) is 0 Å². The van der Waals surface area contributed by atoms with Crippen LogP contribution in [0.1, 0.15) is 38.5 Å². The quantitative estimate of drug-likeness (QED) is 0.774. The maximum Gasteiger partial charge on any atom is 0.407 e. The van der Waals surface area contributed by atoms with Crippen molar-refractivity contribution in [3.05, 3.63) is 0 Å². The van der Waals surface area contributed by atoms with Gasteiger partial charge in [-0.1, -0.05) is 0 Å². The third kappa shape index (κ3) is 2.32. The standard InChI is InChI=1S/C12H21NO3/c14-7-1-2-10-8-12(9-10)3-5-13(6-4-12)11(15)16/h10,14H,1-9H2,(H,15,16). The Morgan fingerprint density at radius 1 is 1.31 bits per heavy atom. The molecule has 1 spiro atoms. The van der Waals surface area contributed by atoms with Crippen molar-refractivity contribution in [3.8, 4) is 0 Å². The molecule has 0 radical (unpaired) electrons. The van der Waals surface area contributed by atoms with Crippen molar-refractivity contribution >= 4 is 6.09 Å². The Morgan fingerprint density at radius 3 is 2.44 bits per heavy atom. The molecule has 0 aromatic rings. The molecule has 0 aromatic heterocycles. The summed E-state index contributed by atoms with van der Waals surface area (Å²) in [6, 6.07) is 0. The van der Waals surface area contributed by atoms with Crippen molar-refractivity contribution < 1.29 is 15.0 Å². The van der Waals surface area contributed by atoms with Crippen LogP contribution in [-0.4, -0.2) is 40.9 Å². The lowest BCUT2D eigenvalue weighted by molar-refractivity contribution is -0.0137. The largest absolute Gasteiger partial charge is 0.465 e. The van der Waals surface area contributed by atoms with E-state index in [1.54, 1.807) is 0 Å². The second-order valence-electron chi connectivity index (χ2n) is 5.41. The fourth-order valence-corrected chi connectivity index (χ4v) is 3.33. The molecule has 1 amide bonds. The van der Waals surface area contributed by atoms with Gasteiger partial charge in [0.25, 0.3) is 0 Å². The van der Waals surface area contributed by atoms with Gasteiger partial charge in [-0.15, -0.1) is 0 Å². The molecular formula is C12H21NO3. The minimum atomic E-state index is -0.772. The monoisotopic (exact) mass is 227 g/mol. The number of piperidine rings is 1. The molecule has 16 heavy (non-hydrogen) atoms. The van der Waals surface area contributed by atoms with Crippen LogP contribution in [0.2, 0.25) is 0 Å². The van der Waals surface area contributed by atoms with E-state index in [0.29, 0.717) is 25.1 Å². The van der Waals surface area contributed by atoms with Crippen LogP contribution in [0.4, 0.5) is 4.79 Å². The highest BCUT2D eigenvalue weighted by Crippen LogP contribution is 2.53. The van der Waals surface area contributed by atoms with E-state index in [1.807, 2.05) is 0 Å². The highest BCUT2D eigenvalue weighted by atomic mass is 16.4. The molecule has 0 aromatic carbocycles. The Labute approximate surface area is 96.3 Å². The van der Waals surface area contributed by atoms with Crippen LogP contribution < -0.4 is 0 Å². The van der Waals surface area contributed by atoms with E-state index < -0.39 is 6.09 Å². The summed E-state index contributed by atoms with van der Waals surface area (Å²) in [5.41, 5.74) is 0.450. The van der Waals surface area contributed by atoms with E-state index in [1.165, 1.54) is 17.7 Å². The highest BCUT2D eigenvalue weighted by Gasteiger charge is 2.45. The van der Waals surface area contributed by atoms with Gasteiger partial charge in [0.1, 0.15) is 0 Å². The molecule has 2 N–H and O–H groups in total. The Kier molecular flexibility index (Phi) is 3.38. The second kappa shape index (κ2) is 4.62. The van der Waals surface area contributed by atoms with Gasteiger partial charge in [-0.25, -0.2) is 4.79 Å². The minimum Gasteiger partial charge on any atom is -0.465 e. The van der Waals surface area contributed by atoms with E-state index >= 15 is 0 Å². The predicted molar refractivity (Wildman–Crippen MR) is 60.3 cm³/mol. The van der Waals surface area contributed by atoms with Crippen LogP contribution in [0, 0.1) is 11.3 Å². The molecule has 92 valence electrons. The van der Waals surface area contributed by atoms with Gasteiger partial charge < -0.3 is 15.1 Å². The first-order valence-corrected chi connectivity index (χ1v) is 6.24. The summed E-state index contributed by atoms with van der Waals surface area (Å²) in [7, 11) is 0. The number of aliphatic hydroxyl groups excluding tert-OH is 1.